The van der Waals surface area contributed by atoms with E-state index in [0.29, 0.717) is 22.0 Å². The highest BCUT2D eigenvalue weighted by Crippen LogP contribution is 2.17. The van der Waals surface area contributed by atoms with E-state index in [9.17, 15) is 4.79 Å². The van der Waals surface area contributed by atoms with Gasteiger partial charge in [0.15, 0.2) is 5.84 Å². The lowest BCUT2D eigenvalue weighted by Gasteiger charge is -2.07. The number of aromatic nitrogens is 2. The van der Waals surface area contributed by atoms with Crippen molar-refractivity contribution >= 4 is 29.0 Å². The number of rotatable bonds is 5. The van der Waals surface area contributed by atoms with Crippen molar-refractivity contribution in [3.63, 3.8) is 0 Å². The molecular weight excluding hydrogens is 294 g/mol. The summed E-state index contributed by atoms with van der Waals surface area (Å²) in [7, 11) is 0. The van der Waals surface area contributed by atoms with Crippen LogP contribution in [0.25, 0.3) is 0 Å². The summed E-state index contributed by atoms with van der Waals surface area (Å²) in [4.78, 5) is 12.4. The first-order chi connectivity index (χ1) is 10.1. The molecule has 0 aliphatic rings. The number of oxime groups is 1. The number of amidine groups is 1. The van der Waals surface area contributed by atoms with Crippen LogP contribution in [0.15, 0.2) is 29.4 Å². The molecule has 1 aromatic carbocycles. The van der Waals surface area contributed by atoms with Crippen molar-refractivity contribution in [1.29, 1.82) is 0 Å². The third-order valence-corrected chi connectivity index (χ3v) is 3.31. The zero-order valence-corrected chi connectivity index (χ0v) is 11.9. The summed E-state index contributed by atoms with van der Waals surface area (Å²) >= 11 is 1.05. The molecule has 0 saturated heterocycles. The Balaban J connectivity index is 1.96. The quantitative estimate of drug-likeness (QED) is 0.330. The molecule has 0 fully saturated rings. The molecule has 8 nitrogen and oxygen atoms in total. The monoisotopic (exact) mass is 307 g/mol. The topological polar surface area (TPSA) is 123 Å². The summed E-state index contributed by atoms with van der Waals surface area (Å²) in [6, 6.07) is 6.70. The van der Waals surface area contributed by atoms with Gasteiger partial charge in [0.1, 0.15) is 17.2 Å². The summed E-state index contributed by atoms with van der Waals surface area (Å²) < 4.78 is 8.98. The maximum Gasteiger partial charge on any atom is 0.269 e. The zero-order chi connectivity index (χ0) is 15.2. The molecule has 1 heterocycles. The number of amides is 1. The third-order valence-electron chi connectivity index (χ3n) is 2.49. The van der Waals surface area contributed by atoms with Crippen LogP contribution in [0.5, 0.6) is 5.75 Å². The van der Waals surface area contributed by atoms with E-state index in [1.165, 1.54) is 0 Å². The number of hydrogen-bond acceptors (Lipinski definition) is 7. The van der Waals surface area contributed by atoms with Gasteiger partial charge in [-0.1, -0.05) is 9.64 Å². The van der Waals surface area contributed by atoms with Crippen molar-refractivity contribution < 1.29 is 14.7 Å². The first-order valence-electron chi connectivity index (χ1n) is 5.89. The largest absolute Gasteiger partial charge is 0.486 e. The van der Waals surface area contributed by atoms with Gasteiger partial charge < -0.3 is 21.0 Å². The predicted molar refractivity (Wildman–Crippen MR) is 77.9 cm³/mol. The second-order valence-electron chi connectivity index (χ2n) is 4.05. The molecule has 0 aliphatic carbocycles. The Hall–Kier alpha value is -2.68. The van der Waals surface area contributed by atoms with Gasteiger partial charge in [-0.15, -0.1) is 5.10 Å². The molecule has 0 spiro atoms. The number of benzene rings is 1. The van der Waals surface area contributed by atoms with Gasteiger partial charge in [0.05, 0.1) is 5.69 Å². The average Bonchev–Trinajstić information content (AvgIpc) is 2.92. The van der Waals surface area contributed by atoms with Crippen LogP contribution in [0.4, 0.5) is 5.69 Å². The first-order valence-corrected chi connectivity index (χ1v) is 6.67. The molecule has 21 heavy (non-hydrogen) atoms. The number of ether oxygens (including phenoxy) is 1. The Labute approximate surface area is 124 Å². The van der Waals surface area contributed by atoms with Crippen LogP contribution in [0, 0.1) is 6.92 Å². The van der Waals surface area contributed by atoms with Crippen molar-refractivity contribution in [1.82, 2.24) is 9.59 Å². The van der Waals surface area contributed by atoms with E-state index in [1.807, 2.05) is 0 Å². The molecule has 1 aromatic heterocycles. The molecular formula is C12H13N5O3S. The molecule has 2 rings (SSSR count). The maximum atomic E-state index is 12.0. The molecule has 0 aliphatic heterocycles. The lowest BCUT2D eigenvalue weighted by molar-refractivity contribution is 0.103. The molecule has 0 saturated carbocycles. The van der Waals surface area contributed by atoms with E-state index < -0.39 is 0 Å². The Bertz CT molecular complexity index is 653. The van der Waals surface area contributed by atoms with Crippen molar-refractivity contribution in [2.75, 3.05) is 11.9 Å². The summed E-state index contributed by atoms with van der Waals surface area (Å²) in [5.41, 5.74) is 6.50. The Morgan fingerprint density at radius 1 is 1.48 bits per heavy atom. The van der Waals surface area contributed by atoms with Gasteiger partial charge >= 0.3 is 0 Å². The van der Waals surface area contributed by atoms with Gasteiger partial charge in [0.2, 0.25) is 0 Å². The fraction of sp³-hybridized carbons (Fsp3) is 0.167. The van der Waals surface area contributed by atoms with Gasteiger partial charge in [0, 0.05) is 5.69 Å². The predicted octanol–water partition coefficient (Wildman–Crippen LogP) is 1.22. The SMILES string of the molecule is Cc1nnsc1C(=O)Nc1ccc(OCC(N)=NO)cc1. The van der Waals surface area contributed by atoms with Crippen LogP contribution in [0.3, 0.4) is 0 Å². The van der Waals surface area contributed by atoms with E-state index in [-0.39, 0.29) is 18.3 Å². The van der Waals surface area contributed by atoms with Gasteiger partial charge in [-0.3, -0.25) is 4.79 Å². The molecule has 2 aromatic rings. The highest BCUT2D eigenvalue weighted by molar-refractivity contribution is 7.08. The summed E-state index contributed by atoms with van der Waals surface area (Å²) in [6.45, 7) is 1.70. The van der Waals surface area contributed by atoms with Gasteiger partial charge in [-0.25, -0.2) is 0 Å². The molecule has 0 unspecified atom stereocenters. The van der Waals surface area contributed by atoms with Crippen LogP contribution in [0.1, 0.15) is 15.4 Å². The third kappa shape index (κ3) is 3.89. The summed E-state index contributed by atoms with van der Waals surface area (Å²) in [5, 5.41) is 17.7. The van der Waals surface area contributed by atoms with Crippen LogP contribution in [-0.2, 0) is 0 Å². The van der Waals surface area contributed by atoms with Crippen LogP contribution in [-0.4, -0.2) is 33.1 Å². The Kier molecular flexibility index (Phi) is 4.67. The maximum absolute atomic E-state index is 12.0. The molecule has 9 heteroatoms. The minimum Gasteiger partial charge on any atom is -0.486 e. The molecule has 0 atom stereocenters. The van der Waals surface area contributed by atoms with Gasteiger partial charge in [-0.2, -0.15) is 0 Å². The summed E-state index contributed by atoms with van der Waals surface area (Å²) in [6.07, 6.45) is 0. The molecule has 1 amide bonds. The molecule has 0 radical (unpaired) electrons. The van der Waals surface area contributed by atoms with Crippen molar-refractivity contribution in [2.45, 2.75) is 6.92 Å². The fourth-order valence-corrected chi connectivity index (χ4v) is 2.00. The van der Waals surface area contributed by atoms with E-state index in [1.54, 1.807) is 31.2 Å². The van der Waals surface area contributed by atoms with Crippen molar-refractivity contribution in [2.24, 2.45) is 10.9 Å². The second-order valence-corrected chi connectivity index (χ2v) is 4.80. The normalized spacial score (nSPS) is 11.2. The number of aryl methyl sites for hydroxylation is 1. The number of carbonyl (C=O) groups excluding carboxylic acids is 1. The first kappa shape index (κ1) is 14.7. The standard InChI is InChI=1S/C12H13N5O3S/c1-7-11(21-17-15-7)12(18)14-8-2-4-9(5-3-8)20-6-10(13)16-19/h2-5,19H,6H2,1H3,(H2,13,16)(H,14,18). The number of nitrogens with two attached hydrogens (primary N) is 1. The van der Waals surface area contributed by atoms with E-state index in [4.69, 9.17) is 15.7 Å². The van der Waals surface area contributed by atoms with E-state index >= 15 is 0 Å². The van der Waals surface area contributed by atoms with Crippen molar-refractivity contribution in [3.8, 4) is 5.75 Å². The zero-order valence-electron chi connectivity index (χ0n) is 11.1. The van der Waals surface area contributed by atoms with Gasteiger partial charge in [-0.05, 0) is 42.7 Å². The van der Waals surface area contributed by atoms with Crippen LogP contribution < -0.4 is 15.8 Å². The molecule has 110 valence electrons. The Morgan fingerprint density at radius 2 is 2.19 bits per heavy atom. The highest BCUT2D eigenvalue weighted by Gasteiger charge is 2.13. The minimum absolute atomic E-state index is 0.0199. The smallest absolute Gasteiger partial charge is 0.269 e. The minimum atomic E-state index is -0.257. The lowest BCUT2D eigenvalue weighted by Crippen LogP contribution is -2.20. The summed E-state index contributed by atoms with van der Waals surface area (Å²) in [5.74, 6) is 0.253. The fourth-order valence-electron chi connectivity index (χ4n) is 1.45. The van der Waals surface area contributed by atoms with Crippen molar-refractivity contribution in [3.05, 3.63) is 34.8 Å². The van der Waals surface area contributed by atoms with Crippen LogP contribution in [0.2, 0.25) is 0 Å². The number of nitrogens with zero attached hydrogens (tertiary/aromatic N) is 3. The van der Waals surface area contributed by atoms with E-state index in [0.717, 1.165) is 11.5 Å². The number of anilines is 1. The number of hydrogen-bond donors (Lipinski definition) is 3. The molecule has 4 N–H and O–H groups in total. The Morgan fingerprint density at radius 3 is 2.76 bits per heavy atom. The number of nitrogens with one attached hydrogen (secondary N) is 1. The lowest BCUT2D eigenvalue weighted by atomic mass is 10.3. The molecule has 0 bridgehead atoms. The van der Waals surface area contributed by atoms with E-state index in [2.05, 4.69) is 20.1 Å². The highest BCUT2D eigenvalue weighted by atomic mass is 32.1. The second kappa shape index (κ2) is 6.66. The van der Waals surface area contributed by atoms with Crippen LogP contribution >= 0.6 is 11.5 Å². The van der Waals surface area contributed by atoms with Gasteiger partial charge in [0.25, 0.3) is 5.91 Å². The number of carbonyl (C=O) groups is 1. The average molecular weight is 307 g/mol.